The van der Waals surface area contributed by atoms with Crippen LogP contribution in [0.5, 0.6) is 0 Å². The first-order chi connectivity index (χ1) is 5.27. The van der Waals surface area contributed by atoms with Crippen LogP contribution in [0.4, 0.5) is 5.69 Å². The van der Waals surface area contributed by atoms with Gasteiger partial charge in [0.1, 0.15) is 0 Å². The molecule has 0 atom stereocenters. The van der Waals surface area contributed by atoms with Gasteiger partial charge in [0.2, 0.25) is 0 Å². The van der Waals surface area contributed by atoms with Crippen molar-refractivity contribution in [1.82, 2.24) is 0 Å². The largest absolute Gasteiger partial charge is 0.384 e. The van der Waals surface area contributed by atoms with Gasteiger partial charge in [-0.1, -0.05) is 23.2 Å². The van der Waals surface area contributed by atoms with Crippen LogP contribution in [0.1, 0.15) is 5.56 Å². The molecule has 58 valence electrons. The zero-order valence-corrected chi connectivity index (χ0v) is 7.34. The van der Waals surface area contributed by atoms with Crippen LogP contribution in [0, 0.1) is 0 Å². The second-order valence-electron chi connectivity index (χ2n) is 2.60. The molecule has 3 heteroatoms. The fraction of sp³-hybridized carbons (Fsp3) is 0.250. The Morgan fingerprint density at radius 2 is 1.91 bits per heavy atom. The lowest BCUT2D eigenvalue weighted by molar-refractivity contribution is 1.11. The number of nitrogens with one attached hydrogen (secondary N) is 1. The smallest absolute Gasteiger partial charge is 0.0613 e. The number of anilines is 1. The number of hydrogen-bond acceptors (Lipinski definition) is 1. The molecule has 0 aromatic heterocycles. The van der Waals surface area contributed by atoms with E-state index in [4.69, 9.17) is 23.2 Å². The van der Waals surface area contributed by atoms with Gasteiger partial charge >= 0.3 is 0 Å². The molecule has 1 aliphatic heterocycles. The van der Waals surface area contributed by atoms with Crippen LogP contribution in [0.25, 0.3) is 0 Å². The van der Waals surface area contributed by atoms with E-state index in [1.807, 2.05) is 12.1 Å². The highest BCUT2D eigenvalue weighted by Gasteiger charge is 2.11. The van der Waals surface area contributed by atoms with Gasteiger partial charge in [-0.2, -0.15) is 0 Å². The van der Waals surface area contributed by atoms with E-state index >= 15 is 0 Å². The molecule has 0 saturated heterocycles. The summed E-state index contributed by atoms with van der Waals surface area (Å²) in [7, 11) is 0. The molecule has 1 heterocycles. The molecular formula is C8H7Cl2N. The van der Waals surface area contributed by atoms with Crippen LogP contribution in [-0.2, 0) is 6.42 Å². The maximum Gasteiger partial charge on any atom is 0.0613 e. The Balaban J connectivity index is 2.57. The van der Waals surface area contributed by atoms with Gasteiger partial charge in [0, 0.05) is 12.2 Å². The summed E-state index contributed by atoms with van der Waals surface area (Å²) in [5, 5.41) is 4.50. The van der Waals surface area contributed by atoms with E-state index in [9.17, 15) is 0 Å². The normalized spacial score (nSPS) is 14.4. The first-order valence-corrected chi connectivity index (χ1v) is 4.25. The van der Waals surface area contributed by atoms with Gasteiger partial charge in [0.05, 0.1) is 10.0 Å². The molecule has 0 fully saturated rings. The Morgan fingerprint density at radius 1 is 1.18 bits per heavy atom. The summed E-state index contributed by atoms with van der Waals surface area (Å²) >= 11 is 11.7. The predicted molar refractivity (Wildman–Crippen MR) is 48.7 cm³/mol. The Kier molecular flexibility index (Phi) is 1.70. The maximum absolute atomic E-state index is 5.83. The van der Waals surface area contributed by atoms with Gasteiger partial charge in [-0.15, -0.1) is 0 Å². The highest BCUT2D eigenvalue weighted by molar-refractivity contribution is 6.42. The van der Waals surface area contributed by atoms with Crippen molar-refractivity contribution in [2.45, 2.75) is 6.42 Å². The van der Waals surface area contributed by atoms with E-state index in [-0.39, 0.29) is 0 Å². The van der Waals surface area contributed by atoms with Gasteiger partial charge in [0.25, 0.3) is 0 Å². The highest BCUT2D eigenvalue weighted by Crippen LogP contribution is 2.31. The van der Waals surface area contributed by atoms with Crippen molar-refractivity contribution in [1.29, 1.82) is 0 Å². The third-order valence-corrected chi connectivity index (χ3v) is 2.58. The number of rotatable bonds is 0. The Morgan fingerprint density at radius 3 is 2.73 bits per heavy atom. The average molecular weight is 188 g/mol. The van der Waals surface area contributed by atoms with Crippen molar-refractivity contribution < 1.29 is 0 Å². The molecule has 1 aromatic rings. The molecule has 0 unspecified atom stereocenters. The van der Waals surface area contributed by atoms with Crippen LogP contribution >= 0.6 is 23.2 Å². The fourth-order valence-electron chi connectivity index (χ4n) is 1.29. The lowest BCUT2D eigenvalue weighted by atomic mass is 10.2. The molecule has 1 aliphatic rings. The predicted octanol–water partition coefficient (Wildman–Crippen LogP) is 2.96. The van der Waals surface area contributed by atoms with Gasteiger partial charge in [0.15, 0.2) is 0 Å². The molecule has 2 rings (SSSR count). The molecule has 0 aliphatic carbocycles. The van der Waals surface area contributed by atoms with E-state index in [1.165, 1.54) is 5.56 Å². The molecule has 1 N–H and O–H groups in total. The van der Waals surface area contributed by atoms with Crippen molar-refractivity contribution >= 4 is 28.9 Å². The number of fused-ring (bicyclic) bond motifs is 1. The third kappa shape index (κ3) is 1.19. The van der Waals surface area contributed by atoms with E-state index < -0.39 is 0 Å². The minimum atomic E-state index is 0.625. The summed E-state index contributed by atoms with van der Waals surface area (Å²) in [5.41, 5.74) is 2.39. The summed E-state index contributed by atoms with van der Waals surface area (Å²) in [5.74, 6) is 0. The molecule has 1 aromatic carbocycles. The molecule has 0 radical (unpaired) electrons. The lowest BCUT2D eigenvalue weighted by Crippen LogP contribution is -1.90. The second kappa shape index (κ2) is 2.58. The summed E-state index contributed by atoms with van der Waals surface area (Å²) < 4.78 is 0. The number of hydrogen-bond donors (Lipinski definition) is 1. The van der Waals surface area contributed by atoms with Crippen molar-refractivity contribution in [3.05, 3.63) is 27.7 Å². The summed E-state index contributed by atoms with van der Waals surface area (Å²) in [4.78, 5) is 0. The second-order valence-corrected chi connectivity index (χ2v) is 3.41. The quantitative estimate of drug-likeness (QED) is 0.659. The van der Waals surface area contributed by atoms with Gasteiger partial charge in [-0.25, -0.2) is 0 Å². The van der Waals surface area contributed by atoms with Crippen LogP contribution in [-0.4, -0.2) is 6.54 Å². The molecule has 0 saturated carbocycles. The lowest BCUT2D eigenvalue weighted by Gasteiger charge is -2.01. The molecule has 11 heavy (non-hydrogen) atoms. The maximum atomic E-state index is 5.83. The highest BCUT2D eigenvalue weighted by atomic mass is 35.5. The van der Waals surface area contributed by atoms with Crippen molar-refractivity contribution in [2.75, 3.05) is 11.9 Å². The first kappa shape index (κ1) is 7.26. The van der Waals surface area contributed by atoms with E-state index in [2.05, 4.69) is 5.32 Å². The van der Waals surface area contributed by atoms with Crippen molar-refractivity contribution in [3.63, 3.8) is 0 Å². The molecule has 0 spiro atoms. The number of benzene rings is 1. The topological polar surface area (TPSA) is 12.0 Å². The third-order valence-electron chi connectivity index (χ3n) is 1.86. The molecule has 0 amide bonds. The summed E-state index contributed by atoms with van der Waals surface area (Å²) in [6.07, 6.45) is 1.05. The van der Waals surface area contributed by atoms with E-state index in [0.717, 1.165) is 18.7 Å². The SMILES string of the molecule is Clc1cc2c(cc1Cl)NCC2. The van der Waals surface area contributed by atoms with Crippen LogP contribution in [0.3, 0.4) is 0 Å². The zero-order valence-electron chi connectivity index (χ0n) is 5.82. The fourth-order valence-corrected chi connectivity index (χ4v) is 1.64. The van der Waals surface area contributed by atoms with Crippen LogP contribution in [0.2, 0.25) is 10.0 Å². The van der Waals surface area contributed by atoms with Crippen molar-refractivity contribution in [2.24, 2.45) is 0 Å². The zero-order chi connectivity index (χ0) is 7.84. The van der Waals surface area contributed by atoms with Gasteiger partial charge in [-0.3, -0.25) is 0 Å². The molecular weight excluding hydrogens is 181 g/mol. The van der Waals surface area contributed by atoms with E-state index in [0.29, 0.717) is 10.0 Å². The van der Waals surface area contributed by atoms with Crippen LogP contribution in [0.15, 0.2) is 12.1 Å². The van der Waals surface area contributed by atoms with Crippen LogP contribution < -0.4 is 5.32 Å². The monoisotopic (exact) mass is 187 g/mol. The average Bonchev–Trinajstić information content (AvgIpc) is 2.36. The Hall–Kier alpha value is -0.400. The Bertz CT molecular complexity index is 267. The Labute approximate surface area is 75.3 Å². The minimum Gasteiger partial charge on any atom is -0.384 e. The first-order valence-electron chi connectivity index (χ1n) is 3.49. The standard InChI is InChI=1S/C8H7Cl2N/c9-6-3-5-1-2-11-8(5)4-7(6)10/h3-4,11H,1-2H2. The summed E-state index contributed by atoms with van der Waals surface area (Å²) in [6, 6.07) is 3.81. The van der Waals surface area contributed by atoms with E-state index in [1.54, 1.807) is 0 Å². The van der Waals surface area contributed by atoms with Gasteiger partial charge in [-0.05, 0) is 24.1 Å². The van der Waals surface area contributed by atoms with Crippen molar-refractivity contribution in [3.8, 4) is 0 Å². The molecule has 0 bridgehead atoms. The molecule has 1 nitrogen and oxygen atoms in total. The number of halogens is 2. The van der Waals surface area contributed by atoms with Gasteiger partial charge < -0.3 is 5.32 Å². The minimum absolute atomic E-state index is 0.625. The summed E-state index contributed by atoms with van der Waals surface area (Å²) in [6.45, 7) is 0.992.